The van der Waals surface area contributed by atoms with Crippen molar-refractivity contribution in [1.82, 2.24) is 10.2 Å². The Hall–Kier alpha value is -3.12. The Morgan fingerprint density at radius 1 is 1.16 bits per heavy atom. The second-order valence-corrected chi connectivity index (χ2v) is 5.43. The number of benzene rings is 1. The van der Waals surface area contributed by atoms with E-state index >= 15 is 0 Å². The summed E-state index contributed by atoms with van der Waals surface area (Å²) in [6.07, 6.45) is 2.65. The summed E-state index contributed by atoms with van der Waals surface area (Å²) in [5.41, 5.74) is 3.11. The molecule has 25 heavy (non-hydrogen) atoms. The largest absolute Gasteiger partial charge is 0.493 e. The minimum absolute atomic E-state index is 0.457. The van der Waals surface area contributed by atoms with Crippen molar-refractivity contribution in [3.05, 3.63) is 41.1 Å². The number of aryl methyl sites for hydroxylation is 1. The lowest BCUT2D eigenvalue weighted by Gasteiger charge is -2.13. The number of ether oxygens (including phenoxy) is 1. The Morgan fingerprint density at radius 3 is 2.68 bits per heavy atom. The highest BCUT2D eigenvalue weighted by Gasteiger charge is 2.14. The molecule has 1 heterocycles. The van der Waals surface area contributed by atoms with Crippen molar-refractivity contribution in [3.8, 4) is 17.9 Å². The molecule has 0 aliphatic heterocycles. The van der Waals surface area contributed by atoms with Crippen LogP contribution in [0.3, 0.4) is 0 Å². The molecule has 0 fully saturated rings. The fourth-order valence-corrected chi connectivity index (χ4v) is 2.52. The summed E-state index contributed by atoms with van der Waals surface area (Å²) in [4.78, 5) is 0. The standard InChI is InChI=1S/C19H21N5O/c1-3-16-17(13-21)19(24-23-18(16)4-2)22-14-8-7-9-15(12-14)25-11-6-5-10-20/h7-9,12H,3-6,11H2,1-2H3,(H,22,24). The summed E-state index contributed by atoms with van der Waals surface area (Å²) in [7, 11) is 0. The van der Waals surface area contributed by atoms with Crippen molar-refractivity contribution >= 4 is 11.5 Å². The minimum Gasteiger partial charge on any atom is -0.493 e. The lowest BCUT2D eigenvalue weighted by atomic mass is 10.0. The van der Waals surface area contributed by atoms with Gasteiger partial charge in [-0.25, -0.2) is 0 Å². The van der Waals surface area contributed by atoms with Crippen molar-refractivity contribution in [2.45, 2.75) is 39.5 Å². The van der Waals surface area contributed by atoms with Crippen LogP contribution in [0.25, 0.3) is 0 Å². The third-order valence-corrected chi connectivity index (χ3v) is 3.76. The quantitative estimate of drug-likeness (QED) is 0.735. The number of rotatable bonds is 8. The van der Waals surface area contributed by atoms with Crippen LogP contribution in [0.2, 0.25) is 0 Å². The molecule has 2 aromatic rings. The highest BCUT2D eigenvalue weighted by atomic mass is 16.5. The summed E-state index contributed by atoms with van der Waals surface area (Å²) < 4.78 is 5.63. The number of nitrogens with one attached hydrogen (secondary N) is 1. The van der Waals surface area contributed by atoms with E-state index in [-0.39, 0.29) is 0 Å². The Bertz CT molecular complexity index is 804. The SMILES string of the molecule is CCc1nnc(Nc2cccc(OCCCC#N)c2)c(C#N)c1CC. The van der Waals surface area contributed by atoms with Crippen molar-refractivity contribution in [3.63, 3.8) is 0 Å². The van der Waals surface area contributed by atoms with Crippen LogP contribution in [0.4, 0.5) is 11.5 Å². The van der Waals surface area contributed by atoms with E-state index in [1.807, 2.05) is 38.1 Å². The zero-order valence-electron chi connectivity index (χ0n) is 14.5. The number of unbranched alkanes of at least 4 members (excludes halogenated alkanes) is 1. The van der Waals surface area contributed by atoms with E-state index in [1.165, 1.54) is 0 Å². The molecule has 0 amide bonds. The molecule has 1 aromatic carbocycles. The normalized spacial score (nSPS) is 9.92. The van der Waals surface area contributed by atoms with Crippen molar-refractivity contribution < 1.29 is 4.74 Å². The smallest absolute Gasteiger partial charge is 0.171 e. The van der Waals surface area contributed by atoms with Gasteiger partial charge in [0.15, 0.2) is 5.82 Å². The second-order valence-electron chi connectivity index (χ2n) is 5.43. The first-order chi connectivity index (χ1) is 12.2. The van der Waals surface area contributed by atoms with Gasteiger partial charge in [-0.05, 0) is 37.0 Å². The van der Waals surface area contributed by atoms with Crippen molar-refractivity contribution in [2.75, 3.05) is 11.9 Å². The van der Waals surface area contributed by atoms with Gasteiger partial charge in [0.05, 0.1) is 18.4 Å². The van der Waals surface area contributed by atoms with Gasteiger partial charge in [-0.15, -0.1) is 5.10 Å². The molecule has 0 bridgehead atoms. The zero-order chi connectivity index (χ0) is 18.1. The predicted molar refractivity (Wildman–Crippen MR) is 95.6 cm³/mol. The predicted octanol–water partition coefficient (Wildman–Crippen LogP) is 3.90. The molecule has 0 radical (unpaired) electrons. The van der Waals surface area contributed by atoms with Crippen LogP contribution >= 0.6 is 0 Å². The maximum atomic E-state index is 9.54. The number of aromatic nitrogens is 2. The molecule has 0 spiro atoms. The molecule has 2 rings (SSSR count). The molecule has 0 atom stereocenters. The van der Waals surface area contributed by atoms with Crippen LogP contribution in [-0.2, 0) is 12.8 Å². The highest BCUT2D eigenvalue weighted by molar-refractivity contribution is 5.65. The molecule has 1 N–H and O–H groups in total. The first-order valence-electron chi connectivity index (χ1n) is 8.38. The van der Waals surface area contributed by atoms with Gasteiger partial charge >= 0.3 is 0 Å². The van der Waals surface area contributed by atoms with Crippen LogP contribution in [0.1, 0.15) is 43.5 Å². The van der Waals surface area contributed by atoms with Gasteiger partial charge in [0, 0.05) is 18.2 Å². The molecule has 128 valence electrons. The third kappa shape index (κ3) is 4.68. The van der Waals surface area contributed by atoms with E-state index in [9.17, 15) is 5.26 Å². The monoisotopic (exact) mass is 335 g/mol. The molecule has 0 saturated carbocycles. The zero-order valence-corrected chi connectivity index (χ0v) is 14.5. The van der Waals surface area contributed by atoms with Crippen LogP contribution in [0, 0.1) is 22.7 Å². The maximum absolute atomic E-state index is 9.54. The van der Waals surface area contributed by atoms with E-state index in [0.717, 1.165) is 29.8 Å². The molecule has 0 aliphatic carbocycles. The topological polar surface area (TPSA) is 94.6 Å². The Labute approximate surface area is 148 Å². The number of hydrogen-bond acceptors (Lipinski definition) is 6. The Kier molecular flexibility index (Phi) is 6.74. The lowest BCUT2D eigenvalue weighted by Crippen LogP contribution is -2.07. The van der Waals surface area contributed by atoms with Crippen LogP contribution < -0.4 is 10.1 Å². The van der Waals surface area contributed by atoms with E-state index in [0.29, 0.717) is 36.6 Å². The van der Waals surface area contributed by atoms with E-state index in [2.05, 4.69) is 27.7 Å². The van der Waals surface area contributed by atoms with E-state index in [1.54, 1.807) is 0 Å². The van der Waals surface area contributed by atoms with Gasteiger partial charge in [-0.1, -0.05) is 19.9 Å². The third-order valence-electron chi connectivity index (χ3n) is 3.76. The van der Waals surface area contributed by atoms with Gasteiger partial charge < -0.3 is 10.1 Å². The summed E-state index contributed by atoms with van der Waals surface area (Å²) in [6, 6.07) is 11.8. The first-order valence-corrected chi connectivity index (χ1v) is 8.38. The Balaban J connectivity index is 2.20. The summed E-state index contributed by atoms with van der Waals surface area (Å²) in [6.45, 7) is 4.51. The number of hydrogen-bond donors (Lipinski definition) is 1. The van der Waals surface area contributed by atoms with Gasteiger partial charge in [0.1, 0.15) is 17.4 Å². The number of anilines is 2. The van der Waals surface area contributed by atoms with Gasteiger partial charge in [0.25, 0.3) is 0 Å². The summed E-state index contributed by atoms with van der Waals surface area (Å²) >= 11 is 0. The summed E-state index contributed by atoms with van der Waals surface area (Å²) in [5, 5.41) is 29.7. The minimum atomic E-state index is 0.457. The van der Waals surface area contributed by atoms with Crippen LogP contribution in [-0.4, -0.2) is 16.8 Å². The van der Waals surface area contributed by atoms with Gasteiger partial charge in [0.2, 0.25) is 0 Å². The number of nitrogens with zero attached hydrogens (tertiary/aromatic N) is 4. The molecule has 6 heteroatoms. The van der Waals surface area contributed by atoms with Crippen molar-refractivity contribution in [2.24, 2.45) is 0 Å². The highest BCUT2D eigenvalue weighted by Crippen LogP contribution is 2.25. The van der Waals surface area contributed by atoms with E-state index in [4.69, 9.17) is 10.00 Å². The van der Waals surface area contributed by atoms with Gasteiger partial charge in [-0.2, -0.15) is 15.6 Å². The molecule has 0 aliphatic rings. The molecule has 6 nitrogen and oxygen atoms in total. The molecule has 0 unspecified atom stereocenters. The average Bonchev–Trinajstić information content (AvgIpc) is 2.65. The fourth-order valence-electron chi connectivity index (χ4n) is 2.52. The van der Waals surface area contributed by atoms with Crippen molar-refractivity contribution in [1.29, 1.82) is 10.5 Å². The molecular formula is C19H21N5O. The second kappa shape index (κ2) is 9.24. The molecule has 1 aromatic heterocycles. The van der Waals surface area contributed by atoms with E-state index < -0.39 is 0 Å². The maximum Gasteiger partial charge on any atom is 0.171 e. The Morgan fingerprint density at radius 2 is 2.00 bits per heavy atom. The number of nitriles is 2. The fraction of sp³-hybridized carbons (Fsp3) is 0.368. The van der Waals surface area contributed by atoms with Crippen LogP contribution in [0.5, 0.6) is 5.75 Å². The first kappa shape index (κ1) is 18.2. The molecule has 0 saturated heterocycles. The molecular weight excluding hydrogens is 314 g/mol. The average molecular weight is 335 g/mol. The lowest BCUT2D eigenvalue weighted by molar-refractivity contribution is 0.313. The van der Waals surface area contributed by atoms with Crippen LogP contribution in [0.15, 0.2) is 24.3 Å². The van der Waals surface area contributed by atoms with Gasteiger partial charge in [-0.3, -0.25) is 0 Å². The summed E-state index contributed by atoms with van der Waals surface area (Å²) in [5.74, 6) is 1.16.